The summed E-state index contributed by atoms with van der Waals surface area (Å²) in [5, 5.41) is 2.76. The van der Waals surface area contributed by atoms with E-state index in [0.717, 1.165) is 50.3 Å². The Labute approximate surface area is 167 Å². The third-order valence-electron chi connectivity index (χ3n) is 5.19. The van der Waals surface area contributed by atoms with E-state index in [1.807, 2.05) is 30.3 Å². The minimum Gasteiger partial charge on any atom is -0.369 e. The highest BCUT2D eigenvalue weighted by Crippen LogP contribution is 2.16. The molecule has 0 saturated carbocycles. The first kappa shape index (κ1) is 20.1. The van der Waals surface area contributed by atoms with Crippen LogP contribution in [0.25, 0.3) is 0 Å². The molecule has 3 rings (SSSR count). The first-order chi connectivity index (χ1) is 13.6. The number of ketones is 1. The molecular weight excluding hydrogens is 350 g/mol. The van der Waals surface area contributed by atoms with Crippen molar-refractivity contribution in [1.29, 1.82) is 0 Å². The van der Waals surface area contributed by atoms with Gasteiger partial charge in [0.05, 0.1) is 0 Å². The Morgan fingerprint density at radius 3 is 2.25 bits per heavy atom. The summed E-state index contributed by atoms with van der Waals surface area (Å²) in [5.74, 6) is 0.138. The molecule has 0 atom stereocenters. The maximum atomic E-state index is 12.4. The van der Waals surface area contributed by atoms with Gasteiger partial charge in [-0.05, 0) is 30.7 Å². The molecule has 1 heterocycles. The maximum Gasteiger partial charge on any atom is 0.217 e. The molecule has 0 aliphatic carbocycles. The molecule has 1 aliphatic heterocycles. The monoisotopic (exact) mass is 379 g/mol. The van der Waals surface area contributed by atoms with E-state index in [1.165, 1.54) is 12.6 Å². The zero-order valence-electron chi connectivity index (χ0n) is 16.6. The van der Waals surface area contributed by atoms with Gasteiger partial charge >= 0.3 is 0 Å². The lowest BCUT2D eigenvalue weighted by Crippen LogP contribution is -2.46. The van der Waals surface area contributed by atoms with Crippen molar-refractivity contribution in [2.24, 2.45) is 0 Å². The molecule has 1 fully saturated rings. The Morgan fingerprint density at radius 2 is 1.61 bits per heavy atom. The average Bonchev–Trinajstić information content (AvgIpc) is 2.73. The normalized spacial score (nSPS) is 14.7. The fourth-order valence-electron chi connectivity index (χ4n) is 3.51. The molecule has 0 bridgehead atoms. The van der Waals surface area contributed by atoms with Crippen molar-refractivity contribution in [1.82, 2.24) is 10.2 Å². The number of nitrogens with one attached hydrogen (secondary N) is 1. The largest absolute Gasteiger partial charge is 0.369 e. The predicted octanol–water partition coefficient (Wildman–Crippen LogP) is 3.11. The Kier molecular flexibility index (Phi) is 7.20. The van der Waals surface area contributed by atoms with Crippen molar-refractivity contribution in [3.05, 3.63) is 65.7 Å². The van der Waals surface area contributed by atoms with E-state index in [0.29, 0.717) is 13.0 Å². The van der Waals surface area contributed by atoms with Crippen molar-refractivity contribution in [3.8, 4) is 0 Å². The van der Waals surface area contributed by atoms with Gasteiger partial charge in [0.15, 0.2) is 5.78 Å². The molecule has 1 aliphatic rings. The molecule has 148 valence electrons. The Bertz CT molecular complexity index is 766. The van der Waals surface area contributed by atoms with Gasteiger partial charge in [0.1, 0.15) is 0 Å². The lowest BCUT2D eigenvalue weighted by atomic mass is 10.0. The Balaban J connectivity index is 1.37. The average molecular weight is 380 g/mol. The minimum absolute atomic E-state index is 0.0512. The van der Waals surface area contributed by atoms with Gasteiger partial charge < -0.3 is 10.2 Å². The highest BCUT2D eigenvalue weighted by Gasteiger charge is 2.17. The van der Waals surface area contributed by atoms with Crippen molar-refractivity contribution in [3.63, 3.8) is 0 Å². The first-order valence-corrected chi connectivity index (χ1v) is 10.0. The smallest absolute Gasteiger partial charge is 0.217 e. The van der Waals surface area contributed by atoms with Gasteiger partial charge in [0, 0.05) is 57.3 Å². The Morgan fingerprint density at radius 1 is 0.929 bits per heavy atom. The lowest BCUT2D eigenvalue weighted by molar-refractivity contribution is -0.119. The van der Waals surface area contributed by atoms with Crippen LogP contribution in [-0.4, -0.2) is 49.3 Å². The van der Waals surface area contributed by atoms with Crippen LogP contribution in [0, 0.1) is 0 Å². The molecule has 0 aromatic heterocycles. The van der Waals surface area contributed by atoms with E-state index in [-0.39, 0.29) is 11.7 Å². The summed E-state index contributed by atoms with van der Waals surface area (Å²) in [4.78, 5) is 28.2. The van der Waals surface area contributed by atoms with E-state index in [9.17, 15) is 9.59 Å². The fraction of sp³-hybridized carbons (Fsp3) is 0.391. The second kappa shape index (κ2) is 10.0. The first-order valence-electron chi connectivity index (χ1n) is 10.0. The summed E-state index contributed by atoms with van der Waals surface area (Å²) in [6, 6.07) is 18.1. The SMILES string of the molecule is CC(=O)NCc1ccc(C(=O)CCCN2CCN(c3ccccc3)CC2)cc1. The third kappa shape index (κ3) is 5.92. The lowest BCUT2D eigenvalue weighted by Gasteiger charge is -2.36. The minimum atomic E-state index is -0.0512. The number of benzene rings is 2. The quantitative estimate of drug-likeness (QED) is 0.716. The summed E-state index contributed by atoms with van der Waals surface area (Å²) in [7, 11) is 0. The highest BCUT2D eigenvalue weighted by atomic mass is 16.1. The topological polar surface area (TPSA) is 52.7 Å². The number of amides is 1. The summed E-state index contributed by atoms with van der Waals surface area (Å²) in [6.45, 7) is 7.12. The van der Waals surface area contributed by atoms with Gasteiger partial charge in [-0.1, -0.05) is 42.5 Å². The standard InChI is InChI=1S/C23H29N3O2/c1-19(27)24-18-20-9-11-21(12-10-20)23(28)8-5-13-25-14-16-26(17-15-25)22-6-3-2-4-7-22/h2-4,6-7,9-12H,5,8,13-18H2,1H3,(H,24,27). The molecule has 1 saturated heterocycles. The maximum absolute atomic E-state index is 12.4. The predicted molar refractivity (Wildman–Crippen MR) is 113 cm³/mol. The number of carbonyl (C=O) groups is 2. The summed E-state index contributed by atoms with van der Waals surface area (Å²) < 4.78 is 0. The van der Waals surface area contributed by atoms with Gasteiger partial charge in [-0.2, -0.15) is 0 Å². The number of piperazine rings is 1. The van der Waals surface area contributed by atoms with Crippen LogP contribution >= 0.6 is 0 Å². The van der Waals surface area contributed by atoms with Crippen LogP contribution in [-0.2, 0) is 11.3 Å². The van der Waals surface area contributed by atoms with Crippen molar-refractivity contribution in [2.75, 3.05) is 37.6 Å². The summed E-state index contributed by atoms with van der Waals surface area (Å²) in [5.41, 5.74) is 3.04. The zero-order valence-corrected chi connectivity index (χ0v) is 16.6. The number of hydrogen-bond acceptors (Lipinski definition) is 4. The third-order valence-corrected chi connectivity index (χ3v) is 5.19. The van der Waals surface area contributed by atoms with Gasteiger partial charge in [0.25, 0.3) is 0 Å². The van der Waals surface area contributed by atoms with E-state index in [2.05, 4.69) is 39.4 Å². The number of Topliss-reactive ketones (excluding diaryl/α,β-unsaturated/α-hetero) is 1. The van der Waals surface area contributed by atoms with Crippen LogP contribution in [0.3, 0.4) is 0 Å². The van der Waals surface area contributed by atoms with Crippen LogP contribution in [0.4, 0.5) is 5.69 Å². The number of hydrogen-bond donors (Lipinski definition) is 1. The van der Waals surface area contributed by atoms with Crippen LogP contribution in [0.15, 0.2) is 54.6 Å². The second-order valence-corrected chi connectivity index (χ2v) is 7.30. The van der Waals surface area contributed by atoms with Crippen LogP contribution in [0.1, 0.15) is 35.7 Å². The van der Waals surface area contributed by atoms with Gasteiger partial charge in [0.2, 0.25) is 5.91 Å². The highest BCUT2D eigenvalue weighted by molar-refractivity contribution is 5.96. The molecule has 28 heavy (non-hydrogen) atoms. The number of anilines is 1. The van der Waals surface area contributed by atoms with Crippen molar-refractivity contribution < 1.29 is 9.59 Å². The van der Waals surface area contributed by atoms with E-state index >= 15 is 0 Å². The Hall–Kier alpha value is -2.66. The van der Waals surface area contributed by atoms with Crippen LogP contribution in [0.2, 0.25) is 0 Å². The second-order valence-electron chi connectivity index (χ2n) is 7.30. The number of para-hydroxylation sites is 1. The molecule has 5 heteroatoms. The molecule has 0 unspecified atom stereocenters. The molecule has 1 N–H and O–H groups in total. The van der Waals surface area contributed by atoms with Crippen LogP contribution < -0.4 is 10.2 Å². The van der Waals surface area contributed by atoms with E-state index in [4.69, 9.17) is 0 Å². The molecule has 2 aromatic rings. The molecule has 0 radical (unpaired) electrons. The van der Waals surface area contributed by atoms with Crippen molar-refractivity contribution in [2.45, 2.75) is 26.3 Å². The number of carbonyl (C=O) groups excluding carboxylic acids is 2. The zero-order chi connectivity index (χ0) is 19.8. The van der Waals surface area contributed by atoms with Crippen molar-refractivity contribution >= 4 is 17.4 Å². The molecular formula is C23H29N3O2. The summed E-state index contributed by atoms with van der Waals surface area (Å²) >= 11 is 0. The van der Waals surface area contributed by atoms with Gasteiger partial charge in [-0.3, -0.25) is 14.5 Å². The van der Waals surface area contributed by atoms with Gasteiger partial charge in [-0.25, -0.2) is 0 Å². The van der Waals surface area contributed by atoms with Crippen LogP contribution in [0.5, 0.6) is 0 Å². The van der Waals surface area contributed by atoms with E-state index in [1.54, 1.807) is 0 Å². The number of rotatable bonds is 8. The molecule has 0 spiro atoms. The molecule has 1 amide bonds. The number of nitrogens with zero attached hydrogens (tertiary/aromatic N) is 2. The fourth-order valence-corrected chi connectivity index (χ4v) is 3.51. The molecule has 5 nitrogen and oxygen atoms in total. The van der Waals surface area contributed by atoms with E-state index < -0.39 is 0 Å². The summed E-state index contributed by atoms with van der Waals surface area (Å²) in [6.07, 6.45) is 1.46. The molecule has 2 aromatic carbocycles. The van der Waals surface area contributed by atoms with Gasteiger partial charge in [-0.15, -0.1) is 0 Å².